The van der Waals surface area contributed by atoms with Crippen molar-refractivity contribution in [1.29, 1.82) is 0 Å². The van der Waals surface area contributed by atoms with E-state index in [0.717, 1.165) is 26.2 Å². The molecule has 4 heteroatoms. The molecule has 0 amide bonds. The Morgan fingerprint density at radius 2 is 2.15 bits per heavy atom. The van der Waals surface area contributed by atoms with Crippen LogP contribution >= 0.6 is 12.4 Å². The quantitative estimate of drug-likeness (QED) is 0.691. The molecule has 1 heterocycles. The minimum absolute atomic E-state index is 0. The van der Waals surface area contributed by atoms with Crippen molar-refractivity contribution in [3.8, 4) is 0 Å². The van der Waals surface area contributed by atoms with E-state index >= 15 is 0 Å². The Balaban J connectivity index is 0.00000144. The lowest BCUT2D eigenvalue weighted by atomic mass is 10.1. The number of rotatable bonds is 2. The van der Waals surface area contributed by atoms with Gasteiger partial charge >= 0.3 is 0 Å². The number of nitrogens with one attached hydrogen (secondary N) is 1. The predicted octanol–water partition coefficient (Wildman–Crippen LogP) is 0.439. The van der Waals surface area contributed by atoms with Crippen molar-refractivity contribution in [1.82, 2.24) is 10.2 Å². The second-order valence-corrected chi connectivity index (χ2v) is 4.58. The SMILES string of the molecule is CC1CN(CC(C)(C)N)CCN1.Cl. The van der Waals surface area contributed by atoms with Crippen LogP contribution in [0.25, 0.3) is 0 Å². The van der Waals surface area contributed by atoms with Gasteiger partial charge in [-0.05, 0) is 20.8 Å². The molecule has 0 spiro atoms. The van der Waals surface area contributed by atoms with Crippen LogP contribution in [-0.4, -0.2) is 42.7 Å². The van der Waals surface area contributed by atoms with Crippen LogP contribution in [0, 0.1) is 0 Å². The number of hydrogen-bond acceptors (Lipinski definition) is 3. The van der Waals surface area contributed by atoms with Gasteiger partial charge in [-0.25, -0.2) is 0 Å². The molecule has 1 atom stereocenters. The van der Waals surface area contributed by atoms with E-state index in [1.807, 2.05) is 0 Å². The topological polar surface area (TPSA) is 41.3 Å². The molecule has 1 fully saturated rings. The summed E-state index contributed by atoms with van der Waals surface area (Å²) in [6, 6.07) is 0.612. The van der Waals surface area contributed by atoms with Gasteiger partial charge < -0.3 is 11.1 Å². The molecule has 0 bridgehead atoms. The summed E-state index contributed by atoms with van der Waals surface area (Å²) in [5.41, 5.74) is 5.89. The lowest BCUT2D eigenvalue weighted by Crippen LogP contribution is -2.54. The van der Waals surface area contributed by atoms with Crippen LogP contribution in [0.15, 0.2) is 0 Å². The number of nitrogens with zero attached hydrogens (tertiary/aromatic N) is 1. The Labute approximate surface area is 87.5 Å². The second kappa shape index (κ2) is 5.15. The summed E-state index contributed by atoms with van der Waals surface area (Å²) in [4.78, 5) is 2.43. The third-order valence-electron chi connectivity index (χ3n) is 2.08. The molecule has 1 aliphatic heterocycles. The van der Waals surface area contributed by atoms with E-state index < -0.39 is 0 Å². The molecule has 3 nitrogen and oxygen atoms in total. The Hall–Kier alpha value is 0.170. The Kier molecular flexibility index (Phi) is 5.22. The van der Waals surface area contributed by atoms with Crippen molar-refractivity contribution >= 4 is 12.4 Å². The monoisotopic (exact) mass is 207 g/mol. The first kappa shape index (κ1) is 13.2. The van der Waals surface area contributed by atoms with Crippen LogP contribution < -0.4 is 11.1 Å². The molecule has 0 saturated carbocycles. The first-order chi connectivity index (χ1) is 5.47. The first-order valence-corrected chi connectivity index (χ1v) is 4.72. The Bertz CT molecular complexity index is 144. The smallest absolute Gasteiger partial charge is 0.0226 e. The van der Waals surface area contributed by atoms with Crippen molar-refractivity contribution in [2.75, 3.05) is 26.2 Å². The van der Waals surface area contributed by atoms with Gasteiger partial charge in [0, 0.05) is 37.8 Å². The van der Waals surface area contributed by atoms with Crippen molar-refractivity contribution in [2.24, 2.45) is 5.73 Å². The van der Waals surface area contributed by atoms with E-state index in [1.54, 1.807) is 0 Å². The molecule has 0 aliphatic carbocycles. The normalized spacial score (nSPS) is 25.4. The summed E-state index contributed by atoms with van der Waals surface area (Å²) in [6.45, 7) is 10.7. The fourth-order valence-electron chi connectivity index (χ4n) is 1.73. The number of hydrogen-bond donors (Lipinski definition) is 2. The maximum absolute atomic E-state index is 5.95. The Morgan fingerprint density at radius 1 is 1.54 bits per heavy atom. The van der Waals surface area contributed by atoms with Crippen molar-refractivity contribution in [3.63, 3.8) is 0 Å². The summed E-state index contributed by atoms with van der Waals surface area (Å²) in [5.74, 6) is 0. The second-order valence-electron chi connectivity index (χ2n) is 4.58. The molecular weight excluding hydrogens is 186 g/mol. The van der Waals surface area contributed by atoms with Crippen LogP contribution in [0.5, 0.6) is 0 Å². The van der Waals surface area contributed by atoms with E-state index in [2.05, 4.69) is 31.0 Å². The van der Waals surface area contributed by atoms with Crippen LogP contribution in [0.3, 0.4) is 0 Å². The first-order valence-electron chi connectivity index (χ1n) is 4.72. The zero-order chi connectivity index (χ0) is 9.19. The maximum atomic E-state index is 5.95. The highest BCUT2D eigenvalue weighted by atomic mass is 35.5. The van der Waals surface area contributed by atoms with Gasteiger partial charge in [-0.2, -0.15) is 0 Å². The molecule has 13 heavy (non-hydrogen) atoms. The predicted molar refractivity (Wildman–Crippen MR) is 59.4 cm³/mol. The molecule has 1 rings (SSSR count). The van der Waals surface area contributed by atoms with Crippen molar-refractivity contribution in [2.45, 2.75) is 32.4 Å². The number of nitrogens with two attached hydrogens (primary N) is 1. The van der Waals surface area contributed by atoms with Gasteiger partial charge in [0.2, 0.25) is 0 Å². The number of piperazine rings is 1. The number of halogens is 1. The highest BCUT2D eigenvalue weighted by Gasteiger charge is 2.20. The lowest BCUT2D eigenvalue weighted by Gasteiger charge is -2.35. The third-order valence-corrected chi connectivity index (χ3v) is 2.08. The zero-order valence-electron chi connectivity index (χ0n) is 8.84. The van der Waals surface area contributed by atoms with Gasteiger partial charge in [-0.15, -0.1) is 12.4 Å². The molecule has 1 aliphatic rings. The summed E-state index contributed by atoms with van der Waals surface area (Å²) >= 11 is 0. The Morgan fingerprint density at radius 3 is 2.62 bits per heavy atom. The average molecular weight is 208 g/mol. The van der Waals surface area contributed by atoms with Gasteiger partial charge in [0.15, 0.2) is 0 Å². The molecule has 0 aromatic rings. The largest absolute Gasteiger partial charge is 0.324 e. The van der Waals surface area contributed by atoms with E-state index in [9.17, 15) is 0 Å². The highest BCUT2D eigenvalue weighted by molar-refractivity contribution is 5.85. The minimum Gasteiger partial charge on any atom is -0.324 e. The highest BCUT2D eigenvalue weighted by Crippen LogP contribution is 2.04. The molecule has 0 radical (unpaired) electrons. The molecule has 80 valence electrons. The summed E-state index contributed by atoms with van der Waals surface area (Å²) in [7, 11) is 0. The molecule has 1 saturated heterocycles. The molecule has 3 N–H and O–H groups in total. The van der Waals surface area contributed by atoms with Gasteiger partial charge in [-0.3, -0.25) is 4.90 Å². The van der Waals surface area contributed by atoms with E-state index in [1.165, 1.54) is 0 Å². The van der Waals surface area contributed by atoms with Gasteiger partial charge in [-0.1, -0.05) is 0 Å². The molecule has 0 aromatic carbocycles. The fraction of sp³-hybridized carbons (Fsp3) is 1.00. The standard InChI is InChI=1S/C9H21N3.ClH/c1-8-6-12(5-4-11-8)7-9(2,3)10;/h8,11H,4-7,10H2,1-3H3;1H. The maximum Gasteiger partial charge on any atom is 0.0226 e. The van der Waals surface area contributed by atoms with E-state index in [-0.39, 0.29) is 17.9 Å². The minimum atomic E-state index is -0.0585. The average Bonchev–Trinajstić information content (AvgIpc) is 1.82. The van der Waals surface area contributed by atoms with E-state index in [4.69, 9.17) is 5.73 Å². The summed E-state index contributed by atoms with van der Waals surface area (Å²) in [5, 5.41) is 3.42. The van der Waals surface area contributed by atoms with Crippen molar-refractivity contribution < 1.29 is 0 Å². The van der Waals surface area contributed by atoms with Gasteiger partial charge in [0.1, 0.15) is 0 Å². The summed E-state index contributed by atoms with van der Waals surface area (Å²) in [6.07, 6.45) is 0. The fourth-order valence-corrected chi connectivity index (χ4v) is 1.73. The lowest BCUT2D eigenvalue weighted by molar-refractivity contribution is 0.176. The summed E-state index contributed by atoms with van der Waals surface area (Å²) < 4.78 is 0. The third kappa shape index (κ3) is 5.47. The van der Waals surface area contributed by atoms with E-state index in [0.29, 0.717) is 6.04 Å². The van der Waals surface area contributed by atoms with Crippen LogP contribution in [0.4, 0.5) is 0 Å². The van der Waals surface area contributed by atoms with Crippen LogP contribution in [-0.2, 0) is 0 Å². The molecular formula is C9H22ClN3. The van der Waals surface area contributed by atoms with Crippen LogP contribution in [0.1, 0.15) is 20.8 Å². The zero-order valence-corrected chi connectivity index (χ0v) is 9.66. The molecule has 1 unspecified atom stereocenters. The van der Waals surface area contributed by atoms with Crippen molar-refractivity contribution in [3.05, 3.63) is 0 Å². The van der Waals surface area contributed by atoms with Gasteiger partial charge in [0.25, 0.3) is 0 Å². The van der Waals surface area contributed by atoms with Gasteiger partial charge in [0.05, 0.1) is 0 Å². The van der Waals surface area contributed by atoms with Crippen LogP contribution in [0.2, 0.25) is 0 Å². The molecule has 0 aromatic heterocycles.